The van der Waals surface area contributed by atoms with Gasteiger partial charge in [0.15, 0.2) is 0 Å². The zero-order chi connectivity index (χ0) is 22.4. The first kappa shape index (κ1) is 22.4. The van der Waals surface area contributed by atoms with Crippen molar-refractivity contribution in [2.45, 2.75) is 11.3 Å². The van der Waals surface area contributed by atoms with Gasteiger partial charge in [0.25, 0.3) is 0 Å². The van der Waals surface area contributed by atoms with Crippen LogP contribution in [0.5, 0.6) is 0 Å². The molecule has 10 heteroatoms. The molecule has 1 saturated heterocycles. The minimum atomic E-state index is -3.85. The number of carbonyl (C=O) groups is 2. The highest BCUT2D eigenvalue weighted by Crippen LogP contribution is 2.15. The van der Waals surface area contributed by atoms with E-state index >= 15 is 0 Å². The Labute approximate surface area is 181 Å². The Morgan fingerprint density at radius 3 is 2.19 bits per heavy atom. The third-order valence-electron chi connectivity index (χ3n) is 5.09. The van der Waals surface area contributed by atoms with Gasteiger partial charge in [-0.25, -0.2) is 8.42 Å². The van der Waals surface area contributed by atoms with Crippen LogP contribution in [0.25, 0.3) is 0 Å². The summed E-state index contributed by atoms with van der Waals surface area (Å²) >= 11 is 0. The van der Waals surface area contributed by atoms with E-state index in [1.54, 1.807) is 28.1 Å². The lowest BCUT2D eigenvalue weighted by molar-refractivity contribution is -0.139. The number of amides is 2. The fraction of sp³-hybridized carbons (Fsp3) is 0.333. The zero-order valence-corrected chi connectivity index (χ0v) is 18.0. The standard InChI is InChI=1S/C21H23N5O4S/c1-24(31(29,30)19-7-5-17(15-22)6-8-19)16-21(28)26-12-10-25(11-13-26)20(27)14-18-4-2-3-9-23-18/h2-9H,10-14,16H2,1H3. The zero-order valence-electron chi connectivity index (χ0n) is 17.1. The molecule has 0 spiro atoms. The molecule has 0 saturated carbocycles. The number of rotatable bonds is 6. The van der Waals surface area contributed by atoms with E-state index in [0.717, 1.165) is 4.31 Å². The normalized spacial score (nSPS) is 14.4. The Morgan fingerprint density at radius 1 is 1.03 bits per heavy atom. The van der Waals surface area contributed by atoms with E-state index in [1.165, 1.54) is 31.3 Å². The van der Waals surface area contributed by atoms with Crippen LogP contribution in [0.1, 0.15) is 11.3 Å². The van der Waals surface area contributed by atoms with Crippen LogP contribution in [0.4, 0.5) is 0 Å². The number of sulfonamides is 1. The summed E-state index contributed by atoms with van der Waals surface area (Å²) in [5.41, 5.74) is 1.05. The Bertz CT molecular complexity index is 1070. The first-order chi connectivity index (χ1) is 14.8. The van der Waals surface area contributed by atoms with Crippen molar-refractivity contribution < 1.29 is 18.0 Å². The van der Waals surface area contributed by atoms with Crippen molar-refractivity contribution >= 4 is 21.8 Å². The van der Waals surface area contributed by atoms with Crippen LogP contribution in [0.2, 0.25) is 0 Å². The molecule has 1 aliphatic rings. The summed E-state index contributed by atoms with van der Waals surface area (Å²) in [4.78, 5) is 32.5. The van der Waals surface area contributed by atoms with E-state index in [9.17, 15) is 18.0 Å². The van der Waals surface area contributed by atoms with Gasteiger partial charge in [0.1, 0.15) is 0 Å². The number of nitrogens with zero attached hydrogens (tertiary/aromatic N) is 5. The number of pyridine rings is 1. The van der Waals surface area contributed by atoms with Gasteiger partial charge in [-0.3, -0.25) is 14.6 Å². The maximum Gasteiger partial charge on any atom is 0.243 e. The molecule has 0 N–H and O–H groups in total. The molecule has 0 radical (unpaired) electrons. The van der Waals surface area contributed by atoms with E-state index in [4.69, 9.17) is 5.26 Å². The number of carbonyl (C=O) groups excluding carboxylic acids is 2. The number of hydrogen-bond acceptors (Lipinski definition) is 6. The maximum absolute atomic E-state index is 12.7. The molecule has 1 aromatic heterocycles. The van der Waals surface area contributed by atoms with Gasteiger partial charge in [0, 0.05) is 45.1 Å². The molecule has 31 heavy (non-hydrogen) atoms. The molecule has 0 atom stereocenters. The third-order valence-corrected chi connectivity index (χ3v) is 6.91. The smallest absolute Gasteiger partial charge is 0.243 e. The number of piperazine rings is 1. The molecule has 0 aliphatic carbocycles. The first-order valence-electron chi connectivity index (χ1n) is 9.73. The molecule has 2 heterocycles. The predicted octanol–water partition coefficient (Wildman–Crippen LogP) is 0.487. The van der Waals surface area contributed by atoms with Crippen LogP contribution >= 0.6 is 0 Å². The minimum absolute atomic E-state index is 0.0201. The average Bonchev–Trinajstić information content (AvgIpc) is 2.79. The Kier molecular flexibility index (Phi) is 6.99. The largest absolute Gasteiger partial charge is 0.339 e. The van der Waals surface area contributed by atoms with Gasteiger partial charge in [-0.2, -0.15) is 9.57 Å². The van der Waals surface area contributed by atoms with Crippen molar-refractivity contribution in [1.82, 2.24) is 19.1 Å². The fourth-order valence-electron chi connectivity index (χ4n) is 3.23. The Hall–Kier alpha value is -3.29. The van der Waals surface area contributed by atoms with E-state index in [-0.39, 0.29) is 29.7 Å². The summed E-state index contributed by atoms with van der Waals surface area (Å²) in [6.07, 6.45) is 1.85. The summed E-state index contributed by atoms with van der Waals surface area (Å²) in [7, 11) is -2.51. The quantitative estimate of drug-likeness (QED) is 0.644. The summed E-state index contributed by atoms with van der Waals surface area (Å²) in [6, 6.07) is 12.9. The Morgan fingerprint density at radius 2 is 1.65 bits per heavy atom. The van der Waals surface area contributed by atoms with Gasteiger partial charge in [-0.15, -0.1) is 0 Å². The minimum Gasteiger partial charge on any atom is -0.339 e. The fourth-order valence-corrected chi connectivity index (χ4v) is 4.35. The number of benzene rings is 1. The molecule has 9 nitrogen and oxygen atoms in total. The van der Waals surface area contributed by atoms with Crippen molar-refractivity contribution in [3.8, 4) is 6.07 Å². The van der Waals surface area contributed by atoms with Crippen molar-refractivity contribution in [2.75, 3.05) is 39.8 Å². The molecule has 1 aliphatic heterocycles. The second kappa shape index (κ2) is 9.68. The molecule has 2 amide bonds. The van der Waals surface area contributed by atoms with Gasteiger partial charge >= 0.3 is 0 Å². The van der Waals surface area contributed by atoms with Crippen molar-refractivity contribution in [3.05, 3.63) is 59.9 Å². The van der Waals surface area contributed by atoms with Crippen LogP contribution in [-0.2, 0) is 26.0 Å². The molecular formula is C21H23N5O4S. The lowest BCUT2D eigenvalue weighted by atomic mass is 10.2. The van der Waals surface area contributed by atoms with Crippen LogP contribution < -0.4 is 0 Å². The van der Waals surface area contributed by atoms with Gasteiger partial charge in [0.2, 0.25) is 21.8 Å². The molecule has 0 bridgehead atoms. The topological polar surface area (TPSA) is 115 Å². The van der Waals surface area contributed by atoms with Crippen molar-refractivity contribution in [1.29, 1.82) is 5.26 Å². The predicted molar refractivity (Wildman–Crippen MR) is 112 cm³/mol. The average molecular weight is 442 g/mol. The molecule has 1 aromatic carbocycles. The molecule has 162 valence electrons. The molecule has 1 fully saturated rings. The van der Waals surface area contributed by atoms with Gasteiger partial charge in [-0.05, 0) is 36.4 Å². The number of likely N-dealkylation sites (N-methyl/N-ethyl adjacent to an activating group) is 1. The lowest BCUT2D eigenvalue weighted by Crippen LogP contribution is -2.53. The van der Waals surface area contributed by atoms with Gasteiger partial charge in [-0.1, -0.05) is 6.07 Å². The monoisotopic (exact) mass is 441 g/mol. The molecule has 0 unspecified atom stereocenters. The molecule has 3 rings (SSSR count). The first-order valence-corrected chi connectivity index (χ1v) is 11.2. The summed E-state index contributed by atoms with van der Waals surface area (Å²) in [6.45, 7) is 1.17. The number of hydrogen-bond donors (Lipinski definition) is 0. The SMILES string of the molecule is CN(CC(=O)N1CCN(C(=O)Cc2ccccn2)CC1)S(=O)(=O)c1ccc(C#N)cc1. The number of nitriles is 1. The van der Waals surface area contributed by atoms with E-state index in [0.29, 0.717) is 37.4 Å². The highest BCUT2D eigenvalue weighted by atomic mass is 32.2. The Balaban J connectivity index is 1.53. The van der Waals surface area contributed by atoms with E-state index in [1.807, 2.05) is 12.1 Å². The summed E-state index contributed by atoms with van der Waals surface area (Å²) < 4.78 is 26.4. The second-order valence-corrected chi connectivity index (χ2v) is 9.20. The molecular weight excluding hydrogens is 418 g/mol. The maximum atomic E-state index is 12.7. The number of aromatic nitrogens is 1. The summed E-state index contributed by atoms with van der Waals surface area (Å²) in [5, 5.41) is 8.84. The summed E-state index contributed by atoms with van der Waals surface area (Å²) in [5.74, 6) is -0.372. The van der Waals surface area contributed by atoms with Crippen LogP contribution in [0.15, 0.2) is 53.6 Å². The third kappa shape index (κ3) is 5.45. The van der Waals surface area contributed by atoms with Crippen molar-refractivity contribution in [3.63, 3.8) is 0 Å². The van der Waals surface area contributed by atoms with Crippen LogP contribution in [0.3, 0.4) is 0 Å². The van der Waals surface area contributed by atoms with E-state index < -0.39 is 10.0 Å². The molecule has 2 aromatic rings. The highest BCUT2D eigenvalue weighted by Gasteiger charge is 2.28. The highest BCUT2D eigenvalue weighted by molar-refractivity contribution is 7.89. The van der Waals surface area contributed by atoms with Crippen molar-refractivity contribution in [2.24, 2.45) is 0 Å². The second-order valence-electron chi connectivity index (χ2n) is 7.16. The lowest BCUT2D eigenvalue weighted by Gasteiger charge is -2.35. The van der Waals surface area contributed by atoms with Gasteiger partial charge < -0.3 is 9.80 Å². The van der Waals surface area contributed by atoms with Crippen LogP contribution in [0, 0.1) is 11.3 Å². The van der Waals surface area contributed by atoms with Gasteiger partial charge in [0.05, 0.1) is 29.5 Å². The van der Waals surface area contributed by atoms with E-state index in [2.05, 4.69) is 4.98 Å². The van der Waals surface area contributed by atoms with Crippen LogP contribution in [-0.4, -0.2) is 79.1 Å².